The summed E-state index contributed by atoms with van der Waals surface area (Å²) in [5.41, 5.74) is 7.63. The van der Waals surface area contributed by atoms with Crippen molar-refractivity contribution in [2.75, 3.05) is 26.8 Å². The molecule has 3 heterocycles. The van der Waals surface area contributed by atoms with E-state index in [0.29, 0.717) is 106 Å². The van der Waals surface area contributed by atoms with Gasteiger partial charge in [-0.3, -0.25) is 15.3 Å². The first-order chi connectivity index (χ1) is 27.6. The van der Waals surface area contributed by atoms with Crippen LogP contribution in [0.25, 0.3) is 0 Å². The summed E-state index contributed by atoms with van der Waals surface area (Å²) in [6.45, 7) is 4.02. The second kappa shape index (κ2) is 21.9. The molecule has 11 heteroatoms. The number of carbonyl (C=O) groups is 2. The van der Waals surface area contributed by atoms with E-state index in [9.17, 15) is 30.0 Å². The minimum atomic E-state index is -0.852. The van der Waals surface area contributed by atoms with Crippen molar-refractivity contribution in [2.24, 2.45) is 64.0 Å². The van der Waals surface area contributed by atoms with Gasteiger partial charge in [-0.05, 0) is 107 Å². The van der Waals surface area contributed by atoms with Gasteiger partial charge >= 0.3 is 0 Å². The standard InChI is InChI=1S/C46H73N4O7/c1-57-45-22-33-11-16-43(55)39(42(54)6-2-4-30(5-3-19-51)36-21-34-9-14-38(53)24-41(34)49-27-36)15-10-31(40(33)25-44(45)56)7-12-37(52)13-8-32-23-46(47)50-28-35(32)20-29-17-18-48-26-29/h17-18,26,30-37,39-42,44-46,49-52,54,56H,2-9,11-14,16,19-25,27-28,47H2,1H3/q+1/p+2. The van der Waals surface area contributed by atoms with Gasteiger partial charge in [0, 0.05) is 63.1 Å². The molecule has 57 heavy (non-hydrogen) atoms. The molecular formula is C46H75N4O7+3. The van der Waals surface area contributed by atoms with Crippen LogP contribution in [-0.4, -0.2) is 102 Å². The molecule has 3 aliphatic heterocycles. The molecule has 6 rings (SSSR count). The number of fused-ring (bicyclic) bond motifs is 2. The molecule has 2 saturated carbocycles. The van der Waals surface area contributed by atoms with Crippen molar-refractivity contribution in [1.29, 1.82) is 0 Å². The number of quaternary nitrogens is 2. The number of nitrogens with zero attached hydrogens (tertiary/aromatic N) is 1. The minimum absolute atomic E-state index is 0.00106. The number of allylic oxidation sites excluding steroid dienone is 1. The second-order valence-electron chi connectivity index (χ2n) is 19.0. The highest BCUT2D eigenvalue weighted by molar-refractivity contribution is 5.84. The Hall–Kier alpha value is -2.14. The van der Waals surface area contributed by atoms with E-state index < -0.39 is 24.2 Å². The van der Waals surface area contributed by atoms with Gasteiger partial charge in [0.2, 0.25) is 0 Å². The van der Waals surface area contributed by atoms with Crippen LogP contribution in [0.2, 0.25) is 0 Å². The summed E-state index contributed by atoms with van der Waals surface area (Å²) in [6.07, 6.45) is 16.5. The van der Waals surface area contributed by atoms with E-state index in [0.717, 1.165) is 70.9 Å². The van der Waals surface area contributed by atoms with Crippen LogP contribution in [0.5, 0.6) is 0 Å². The van der Waals surface area contributed by atoms with Crippen LogP contribution >= 0.6 is 0 Å². The van der Waals surface area contributed by atoms with Crippen LogP contribution in [0.4, 0.5) is 0 Å². The number of ketones is 2. The van der Waals surface area contributed by atoms with E-state index in [1.165, 1.54) is 5.57 Å². The average Bonchev–Trinajstić information content (AvgIpc) is 3.74. The van der Waals surface area contributed by atoms with Gasteiger partial charge in [-0.1, -0.05) is 18.3 Å². The van der Waals surface area contributed by atoms with Crippen molar-refractivity contribution >= 4 is 17.8 Å². The van der Waals surface area contributed by atoms with Crippen LogP contribution in [0.15, 0.2) is 16.6 Å². The first-order valence-electron chi connectivity index (χ1n) is 22.8. The SMILES string of the molecule is COC1CC2CCC(=O)C(C(O)CCCC(CCCO)C3C[NH2+]C4CC(=O)CCC4C3)C#CC(CCC(O)CCC3CC(N)[NH2+]CC3CC3=C[CH+]N=C3)C2CC1O. The number of aliphatic imine (C=N–C) groups is 1. The number of rotatable bonds is 18. The zero-order chi connectivity index (χ0) is 40.3. The summed E-state index contributed by atoms with van der Waals surface area (Å²) in [7, 11) is 1.64. The summed E-state index contributed by atoms with van der Waals surface area (Å²) < 4.78 is 5.68. The Labute approximate surface area is 341 Å². The van der Waals surface area contributed by atoms with Crippen LogP contribution in [-0.2, 0) is 14.3 Å². The number of hydrogen-bond donors (Lipinski definition) is 7. The van der Waals surface area contributed by atoms with Crippen molar-refractivity contribution in [3.8, 4) is 11.8 Å². The van der Waals surface area contributed by atoms with Gasteiger partial charge < -0.3 is 35.8 Å². The van der Waals surface area contributed by atoms with Crippen molar-refractivity contribution in [2.45, 2.75) is 159 Å². The summed E-state index contributed by atoms with van der Waals surface area (Å²) in [5.74, 6) is 9.11. The third kappa shape index (κ3) is 12.5. The third-order valence-electron chi connectivity index (χ3n) is 15.3. The van der Waals surface area contributed by atoms with Crippen LogP contribution in [0, 0.1) is 71.6 Å². The molecule has 15 atom stereocenters. The van der Waals surface area contributed by atoms with Crippen LogP contribution < -0.4 is 16.4 Å². The lowest BCUT2D eigenvalue weighted by atomic mass is 9.67. The van der Waals surface area contributed by atoms with Crippen LogP contribution in [0.3, 0.4) is 0 Å². The van der Waals surface area contributed by atoms with E-state index in [-0.39, 0.29) is 42.4 Å². The molecule has 2 saturated heterocycles. The zero-order valence-corrected chi connectivity index (χ0v) is 34.6. The van der Waals surface area contributed by atoms with Gasteiger partial charge in [0.25, 0.3) is 0 Å². The maximum absolute atomic E-state index is 13.8. The molecule has 4 fully saturated rings. The first kappa shape index (κ1) is 44.4. The number of carbonyl (C=O) groups excluding carboxylic acids is 2. The number of nitrogens with two attached hydrogens (primary N) is 3. The maximum Gasteiger partial charge on any atom is 0.176 e. The predicted molar refractivity (Wildman–Crippen MR) is 219 cm³/mol. The lowest BCUT2D eigenvalue weighted by Crippen LogP contribution is -2.96. The molecular weight excluding hydrogens is 721 g/mol. The van der Waals surface area contributed by atoms with E-state index in [2.05, 4.69) is 33.5 Å². The molecule has 10 N–H and O–H groups in total. The first-order valence-corrected chi connectivity index (χ1v) is 22.8. The Balaban J connectivity index is 1.07. The molecule has 15 unspecified atom stereocenters. The van der Waals surface area contributed by atoms with Crippen molar-refractivity contribution < 1.29 is 45.4 Å². The Morgan fingerprint density at radius 2 is 1.75 bits per heavy atom. The predicted octanol–water partition coefficient (Wildman–Crippen LogP) is 2.20. The quantitative estimate of drug-likeness (QED) is 0.0811. The van der Waals surface area contributed by atoms with E-state index >= 15 is 0 Å². The Kier molecular flexibility index (Phi) is 17.1. The summed E-state index contributed by atoms with van der Waals surface area (Å²) in [4.78, 5) is 30.1. The second-order valence-corrected chi connectivity index (χ2v) is 19.0. The monoisotopic (exact) mass is 796 g/mol. The lowest BCUT2D eigenvalue weighted by Gasteiger charge is -2.41. The maximum atomic E-state index is 13.8. The van der Waals surface area contributed by atoms with Gasteiger partial charge in [0.15, 0.2) is 6.21 Å². The van der Waals surface area contributed by atoms with E-state index in [4.69, 9.17) is 10.5 Å². The van der Waals surface area contributed by atoms with E-state index in [1.807, 2.05) is 12.8 Å². The van der Waals surface area contributed by atoms with Crippen molar-refractivity contribution in [3.05, 3.63) is 18.2 Å². The molecule has 0 radical (unpaired) electrons. The zero-order valence-electron chi connectivity index (χ0n) is 34.6. The van der Waals surface area contributed by atoms with Crippen molar-refractivity contribution in [1.82, 2.24) is 0 Å². The molecule has 3 aliphatic carbocycles. The average molecular weight is 796 g/mol. The fourth-order valence-electron chi connectivity index (χ4n) is 11.9. The molecule has 0 aromatic heterocycles. The van der Waals surface area contributed by atoms with Gasteiger partial charge in [-0.15, -0.1) is 4.99 Å². The fraction of sp³-hybridized carbons (Fsp3) is 0.826. The highest BCUT2D eigenvalue weighted by Gasteiger charge is 2.43. The summed E-state index contributed by atoms with van der Waals surface area (Å²) >= 11 is 0. The number of hydrogen-bond acceptors (Lipinski definition) is 9. The molecule has 6 aliphatic rings. The normalized spacial score (nSPS) is 37.3. The molecule has 0 amide bonds. The topological polar surface area (TPSA) is 196 Å². The Morgan fingerprint density at radius 1 is 0.947 bits per heavy atom. The summed E-state index contributed by atoms with van der Waals surface area (Å²) in [6, 6.07) is 0.419. The largest absolute Gasteiger partial charge is 0.396 e. The summed E-state index contributed by atoms with van der Waals surface area (Å²) in [5, 5.41) is 48.4. The third-order valence-corrected chi connectivity index (χ3v) is 15.3. The molecule has 11 nitrogen and oxygen atoms in total. The van der Waals surface area contributed by atoms with Gasteiger partial charge in [-0.25, -0.2) is 0 Å². The van der Waals surface area contributed by atoms with Gasteiger partial charge in [0.05, 0.1) is 56.0 Å². The molecule has 0 spiro atoms. The number of methoxy groups -OCH3 is 1. The molecule has 318 valence electrons. The number of ether oxygens (including phenoxy) is 1. The number of aliphatic hydroxyl groups excluding tert-OH is 4. The minimum Gasteiger partial charge on any atom is -0.396 e. The highest BCUT2D eigenvalue weighted by Crippen LogP contribution is 2.42. The Bertz CT molecular complexity index is 1430. The molecule has 0 aromatic rings. The van der Waals surface area contributed by atoms with E-state index in [1.54, 1.807) is 7.11 Å². The molecule has 0 aromatic carbocycles. The van der Waals surface area contributed by atoms with Crippen LogP contribution in [0.1, 0.15) is 122 Å². The number of piperidine rings is 2. The lowest BCUT2D eigenvalue weighted by molar-refractivity contribution is -0.712. The molecule has 0 bridgehead atoms. The highest BCUT2D eigenvalue weighted by atomic mass is 16.5. The number of aliphatic hydroxyl groups is 4. The van der Waals surface area contributed by atoms with Gasteiger partial charge in [0.1, 0.15) is 35.8 Å². The fourth-order valence-corrected chi connectivity index (χ4v) is 11.9. The smallest absolute Gasteiger partial charge is 0.176 e. The number of Topliss-reactive ketones (excluding diaryl/α,β-unsaturated/α-hetero) is 2. The Morgan fingerprint density at radius 3 is 2.54 bits per heavy atom. The van der Waals surface area contributed by atoms with Gasteiger partial charge in [-0.2, -0.15) is 0 Å². The van der Waals surface area contributed by atoms with Crippen molar-refractivity contribution in [3.63, 3.8) is 0 Å².